The summed E-state index contributed by atoms with van der Waals surface area (Å²) in [5.74, 6) is 3.08. The van der Waals surface area contributed by atoms with Crippen LogP contribution in [-0.4, -0.2) is 118 Å². The van der Waals surface area contributed by atoms with Crippen LogP contribution < -0.4 is 20.5 Å². The zero-order chi connectivity index (χ0) is 36.7. The van der Waals surface area contributed by atoms with Crippen molar-refractivity contribution in [2.45, 2.75) is 159 Å². The number of likely N-dealkylation sites (N-methyl/N-ethyl adjacent to an activating group) is 1. The molecule has 2 spiro atoms. The second-order valence-electron chi connectivity index (χ2n) is 17.9. The molecule has 2 aromatic carbocycles. The van der Waals surface area contributed by atoms with Crippen LogP contribution in [0.3, 0.4) is 0 Å². The number of ether oxygens (including phenoxy) is 2. The van der Waals surface area contributed by atoms with Gasteiger partial charge in [0.2, 0.25) is 0 Å². The smallest absolute Gasteiger partial charge is 0.174 e. The first-order valence-corrected chi connectivity index (χ1v) is 20.4. The summed E-state index contributed by atoms with van der Waals surface area (Å²) in [6.45, 7) is 4.10. The van der Waals surface area contributed by atoms with Crippen molar-refractivity contribution >= 4 is 18.2 Å². The zero-order valence-corrected chi connectivity index (χ0v) is 32.4. The van der Waals surface area contributed by atoms with Gasteiger partial charge < -0.3 is 41.0 Å². The highest BCUT2D eigenvalue weighted by atomic mass is 35.5. The Morgan fingerprint density at radius 2 is 1.21 bits per heavy atom. The Kier molecular flexibility index (Phi) is 12.8. The summed E-state index contributed by atoms with van der Waals surface area (Å²) in [6, 6.07) is 7.92. The first-order chi connectivity index (χ1) is 25.6. The molecule has 326 valence electrons. The van der Waals surface area contributed by atoms with Crippen LogP contribution in [0.2, 0.25) is 0 Å². The number of carbonyl (C=O) groups excluding carboxylic acids is 1. The van der Waals surface area contributed by atoms with Gasteiger partial charge in [0, 0.05) is 48.8 Å². The van der Waals surface area contributed by atoms with E-state index in [9.17, 15) is 25.2 Å². The molecule has 0 aromatic heterocycles. The number of nitrogens with two attached hydrogens (primary N) is 1. The molecule has 9 atom stereocenters. The van der Waals surface area contributed by atoms with Gasteiger partial charge in [-0.25, -0.2) is 0 Å². The summed E-state index contributed by atoms with van der Waals surface area (Å²) >= 11 is 0. The predicted octanol–water partition coefficient (Wildman–Crippen LogP) is 5.61. The number of Topliss-reactive ketones (excluding diaryl/α,β-unsaturated/α-hetero) is 1. The molecule has 4 bridgehead atoms. The van der Waals surface area contributed by atoms with Crippen molar-refractivity contribution in [3.63, 3.8) is 0 Å². The Morgan fingerprint density at radius 3 is 1.72 bits per heavy atom. The first kappa shape index (κ1) is 46.4. The zero-order valence-electron chi connectivity index (χ0n) is 31.6. The summed E-state index contributed by atoms with van der Waals surface area (Å²) < 4.78 is 12.5. The van der Waals surface area contributed by atoms with E-state index < -0.39 is 22.7 Å². The second kappa shape index (κ2) is 16.0. The van der Waals surface area contributed by atoms with Crippen molar-refractivity contribution in [1.82, 2.24) is 15.1 Å². The highest BCUT2D eigenvalue weighted by Gasteiger charge is 2.74. The minimum Gasteiger partial charge on any atom is -0.504 e. The Balaban J connectivity index is 0.000000196. The van der Waals surface area contributed by atoms with E-state index in [4.69, 9.17) is 9.47 Å². The van der Waals surface area contributed by atoms with Crippen molar-refractivity contribution in [3.05, 3.63) is 46.5 Å². The maximum absolute atomic E-state index is 12.7. The molecule has 2 aromatic rings. The highest BCUT2D eigenvalue weighted by Crippen LogP contribution is 2.67. The van der Waals surface area contributed by atoms with Crippen LogP contribution in [0.4, 0.5) is 0 Å². The van der Waals surface area contributed by atoms with Gasteiger partial charge in [-0.15, -0.1) is 12.4 Å². The van der Waals surface area contributed by atoms with Gasteiger partial charge in [-0.1, -0.05) is 41.8 Å². The number of aliphatic hydroxyl groups is 2. The monoisotopic (exact) mass is 829 g/mol. The summed E-state index contributed by atoms with van der Waals surface area (Å²) in [5.41, 5.74) is 6.20. The standard InChI is InChI=1S/C21H28N2O3.C20H23NO4.CH5N.4CH4.ClH/c1-22-14-6-7-21(25)16-10-13-4-5-15(24)18-17(13)20(21,19(14)26-18)8-9-23(16)11-12-2-3-12;22-13-4-3-12-9-15-20(24)6-5-14(23)18-19(20,16(12)17(13)25-18)7-8-21(15)10-11-1-2-11;1-2;;;;;/h4-5,12,14,16,19,22,24-25H,2-3,6-11H2,1H3;3-4,11,15,18,22,24H,1-2,5-10H2;2H2,1H3;4*1H4;1H/t14-,16+,19-,20-,21+;15-,18+,19+,20-;;;;;;/m01....../s1. The summed E-state index contributed by atoms with van der Waals surface area (Å²) in [5, 5.41) is 48.4. The number of aromatic hydroxyl groups is 2. The molecule has 10 aliphatic rings. The number of carbonyl (C=O) groups is 1. The molecule has 4 heterocycles. The Bertz CT molecular complexity index is 1860. The van der Waals surface area contributed by atoms with Crippen molar-refractivity contribution in [1.29, 1.82) is 0 Å². The molecule has 0 unspecified atom stereocenters. The molecule has 58 heavy (non-hydrogen) atoms. The number of likely N-dealkylation sites (tertiary alicyclic amines) is 2. The number of hydrogen-bond acceptors (Lipinski definition) is 11. The molecule has 0 radical (unpaired) electrons. The molecule has 12 rings (SSSR count). The van der Waals surface area contributed by atoms with Gasteiger partial charge in [-0.2, -0.15) is 0 Å². The molecule has 2 saturated heterocycles. The second-order valence-corrected chi connectivity index (χ2v) is 17.9. The number of phenolic OH excluding ortho intramolecular Hbond substituents is 2. The number of halogens is 1. The SMILES string of the molecule is C.C.C.C.CN.CN[C@H]1CC[C@@]2(O)[C@H]3Cc4ccc(O)c5c4[C@@]2(CCN3CC2CC2)[C@H]1O5.Cl.O=C1CC[C@@]2(O)[C@H]3Cc4ccc(O)c5c4[C@@]2(CCN3CC2CC2)[C@H]1O5. The normalized spacial score (nSPS) is 37.3. The summed E-state index contributed by atoms with van der Waals surface area (Å²) in [7, 11) is 3.49. The lowest BCUT2D eigenvalue weighted by Crippen LogP contribution is -2.78. The third kappa shape index (κ3) is 5.91. The van der Waals surface area contributed by atoms with E-state index in [1.165, 1.54) is 38.3 Å². The Hall–Kier alpha value is -2.64. The highest BCUT2D eigenvalue weighted by molar-refractivity contribution is 5.90. The third-order valence-corrected chi connectivity index (χ3v) is 15.7. The van der Waals surface area contributed by atoms with Crippen molar-refractivity contribution < 1.29 is 34.7 Å². The van der Waals surface area contributed by atoms with Crippen LogP contribution >= 0.6 is 12.4 Å². The first-order valence-electron chi connectivity index (χ1n) is 20.4. The number of piperidine rings is 2. The van der Waals surface area contributed by atoms with Crippen LogP contribution in [0, 0.1) is 11.8 Å². The lowest BCUT2D eigenvalue weighted by atomic mass is 9.48. The minimum atomic E-state index is -0.940. The third-order valence-electron chi connectivity index (χ3n) is 15.7. The van der Waals surface area contributed by atoms with Crippen molar-refractivity contribution in [2.24, 2.45) is 17.6 Å². The van der Waals surface area contributed by atoms with E-state index in [0.717, 1.165) is 93.2 Å². The maximum Gasteiger partial charge on any atom is 0.174 e. The number of nitrogens with zero attached hydrogens (tertiary/aromatic N) is 2. The molecule has 6 aliphatic carbocycles. The topological polar surface area (TPSA) is 161 Å². The average Bonchev–Trinajstić information content (AvgIpc) is 4.08. The van der Waals surface area contributed by atoms with E-state index >= 15 is 0 Å². The van der Waals surface area contributed by atoms with Crippen LogP contribution in [0.25, 0.3) is 0 Å². The number of nitrogens with one attached hydrogen (secondary N) is 1. The summed E-state index contributed by atoms with van der Waals surface area (Å²) in [4.78, 5) is 17.8. The van der Waals surface area contributed by atoms with Crippen LogP contribution in [0.15, 0.2) is 24.3 Å². The number of rotatable bonds is 5. The van der Waals surface area contributed by atoms with Gasteiger partial charge in [-0.05, 0) is 133 Å². The largest absolute Gasteiger partial charge is 0.504 e. The van der Waals surface area contributed by atoms with E-state index in [-0.39, 0.29) is 89.0 Å². The Labute approximate surface area is 353 Å². The number of ketones is 1. The van der Waals surface area contributed by atoms with Gasteiger partial charge in [0.1, 0.15) is 6.10 Å². The van der Waals surface area contributed by atoms with Gasteiger partial charge in [0.25, 0.3) is 0 Å². The molecule has 6 fully saturated rings. The number of phenols is 2. The van der Waals surface area contributed by atoms with E-state index in [1.807, 2.05) is 13.1 Å². The Morgan fingerprint density at radius 1 is 0.724 bits per heavy atom. The molecule has 7 N–H and O–H groups in total. The fourth-order valence-electron chi connectivity index (χ4n) is 13.0. The fourth-order valence-corrected chi connectivity index (χ4v) is 13.0. The maximum atomic E-state index is 12.7. The van der Waals surface area contributed by atoms with E-state index in [0.29, 0.717) is 24.3 Å². The van der Waals surface area contributed by atoms with Crippen LogP contribution in [0.1, 0.15) is 116 Å². The minimum absolute atomic E-state index is 0. The van der Waals surface area contributed by atoms with Gasteiger partial charge in [0.15, 0.2) is 34.9 Å². The van der Waals surface area contributed by atoms with Crippen LogP contribution in [0.5, 0.6) is 23.0 Å². The number of hydrogen-bond donors (Lipinski definition) is 6. The molecule has 4 aliphatic heterocycles. The molecule has 11 nitrogen and oxygen atoms in total. The predicted molar refractivity (Wildman–Crippen MR) is 232 cm³/mol. The van der Waals surface area contributed by atoms with E-state index in [2.05, 4.69) is 26.9 Å². The molecular weight excluding hydrogens is 756 g/mol. The average molecular weight is 830 g/mol. The molecule has 12 heteroatoms. The molecule has 0 amide bonds. The van der Waals surface area contributed by atoms with Gasteiger partial charge in [-0.3, -0.25) is 14.6 Å². The quantitative estimate of drug-likeness (QED) is 0.223. The van der Waals surface area contributed by atoms with Crippen molar-refractivity contribution in [2.75, 3.05) is 40.3 Å². The number of benzene rings is 2. The van der Waals surface area contributed by atoms with Crippen molar-refractivity contribution in [3.8, 4) is 23.0 Å². The molecular formula is C46H73ClN4O7. The van der Waals surface area contributed by atoms with E-state index in [1.54, 1.807) is 12.1 Å². The lowest BCUT2D eigenvalue weighted by Gasteiger charge is -2.64. The fraction of sp³-hybridized carbons (Fsp3) is 0.717. The van der Waals surface area contributed by atoms with Crippen LogP contribution in [-0.2, 0) is 28.5 Å². The van der Waals surface area contributed by atoms with Gasteiger partial charge in [0.05, 0.1) is 22.0 Å². The summed E-state index contributed by atoms with van der Waals surface area (Å²) in [6.07, 6.45) is 10.4. The van der Waals surface area contributed by atoms with Gasteiger partial charge >= 0.3 is 0 Å². The molecule has 4 saturated carbocycles. The lowest BCUT2D eigenvalue weighted by molar-refractivity contribution is -0.191.